The fourth-order valence-corrected chi connectivity index (χ4v) is 2.29. The lowest BCUT2D eigenvalue weighted by atomic mass is 10.0. The highest BCUT2D eigenvalue weighted by atomic mass is 19.1. The Bertz CT molecular complexity index is 801. The maximum absolute atomic E-state index is 13.7. The highest BCUT2D eigenvalue weighted by Gasteiger charge is 2.25. The first-order valence-corrected chi connectivity index (χ1v) is 8.33. The largest absolute Gasteiger partial charge is 0.340 e. The number of hydrogen-bond donors (Lipinski definition) is 2. The molecule has 0 aliphatic rings. The van der Waals surface area contributed by atoms with Gasteiger partial charge in [0, 0.05) is 0 Å². The molecule has 0 spiro atoms. The van der Waals surface area contributed by atoms with E-state index in [1.165, 1.54) is 24.4 Å². The van der Waals surface area contributed by atoms with Gasteiger partial charge < -0.3 is 5.32 Å². The zero-order valence-corrected chi connectivity index (χ0v) is 15.0. The number of rotatable bonds is 6. The summed E-state index contributed by atoms with van der Waals surface area (Å²) in [6, 6.07) is 12.4. The molecule has 0 aliphatic carbocycles. The number of nitrogens with zero attached hydrogens (tertiary/aromatic N) is 1. The molecule has 2 rings (SSSR count). The molecule has 0 heterocycles. The predicted octanol–water partition coefficient (Wildman–Crippen LogP) is 3.04. The van der Waals surface area contributed by atoms with Gasteiger partial charge in [0.15, 0.2) is 0 Å². The molecule has 0 bridgehead atoms. The first kappa shape index (κ1) is 19.3. The van der Waals surface area contributed by atoms with Crippen LogP contribution in [0, 0.1) is 18.7 Å². The Morgan fingerprint density at radius 3 is 2.35 bits per heavy atom. The van der Waals surface area contributed by atoms with Gasteiger partial charge in [0.2, 0.25) is 0 Å². The summed E-state index contributed by atoms with van der Waals surface area (Å²) in [5.74, 6) is -1.93. The average molecular weight is 355 g/mol. The SMILES string of the molecule is Cc1ccc(C=NNC(=O)C(NC(=O)c2ccccc2F)C(C)C)cc1. The van der Waals surface area contributed by atoms with Crippen molar-refractivity contribution in [1.82, 2.24) is 10.7 Å². The number of nitrogens with one attached hydrogen (secondary N) is 2. The van der Waals surface area contributed by atoms with Gasteiger partial charge in [0.1, 0.15) is 11.9 Å². The van der Waals surface area contributed by atoms with Crippen LogP contribution in [0.3, 0.4) is 0 Å². The molecule has 0 aliphatic heterocycles. The highest BCUT2D eigenvalue weighted by molar-refractivity contribution is 5.98. The van der Waals surface area contributed by atoms with E-state index in [4.69, 9.17) is 0 Å². The number of hydrazone groups is 1. The minimum absolute atomic E-state index is 0.103. The molecule has 1 unspecified atom stereocenters. The van der Waals surface area contributed by atoms with Gasteiger partial charge in [-0.1, -0.05) is 55.8 Å². The lowest BCUT2D eigenvalue weighted by Crippen LogP contribution is -2.48. The summed E-state index contributed by atoms with van der Waals surface area (Å²) in [7, 11) is 0. The molecule has 2 aromatic rings. The van der Waals surface area contributed by atoms with Crippen molar-refractivity contribution in [3.8, 4) is 0 Å². The second-order valence-corrected chi connectivity index (χ2v) is 6.32. The van der Waals surface area contributed by atoms with Gasteiger partial charge in [-0.25, -0.2) is 9.82 Å². The molecule has 1 atom stereocenters. The molecule has 6 heteroatoms. The van der Waals surface area contributed by atoms with Crippen LogP contribution >= 0.6 is 0 Å². The Hall–Kier alpha value is -3.02. The Morgan fingerprint density at radius 1 is 1.08 bits per heavy atom. The monoisotopic (exact) mass is 355 g/mol. The van der Waals surface area contributed by atoms with Crippen LogP contribution in [0.15, 0.2) is 53.6 Å². The Kier molecular flexibility index (Phi) is 6.60. The van der Waals surface area contributed by atoms with Crippen LogP contribution in [0.1, 0.15) is 35.3 Å². The summed E-state index contributed by atoms with van der Waals surface area (Å²) >= 11 is 0. The van der Waals surface area contributed by atoms with Gasteiger partial charge in [0.05, 0.1) is 11.8 Å². The van der Waals surface area contributed by atoms with Crippen molar-refractivity contribution in [2.75, 3.05) is 0 Å². The third-order valence-corrected chi connectivity index (χ3v) is 3.82. The number of halogens is 1. The average Bonchev–Trinajstić information content (AvgIpc) is 2.61. The molecule has 2 N–H and O–H groups in total. The molecule has 2 amide bonds. The van der Waals surface area contributed by atoms with E-state index in [1.807, 2.05) is 31.2 Å². The molecule has 0 saturated carbocycles. The van der Waals surface area contributed by atoms with Crippen molar-refractivity contribution >= 4 is 18.0 Å². The molecule has 5 nitrogen and oxygen atoms in total. The van der Waals surface area contributed by atoms with E-state index in [2.05, 4.69) is 15.8 Å². The molecular weight excluding hydrogens is 333 g/mol. The maximum atomic E-state index is 13.7. The van der Waals surface area contributed by atoms with Crippen molar-refractivity contribution in [2.45, 2.75) is 26.8 Å². The minimum atomic E-state index is -0.836. The van der Waals surface area contributed by atoms with Gasteiger partial charge in [-0.3, -0.25) is 9.59 Å². The van der Waals surface area contributed by atoms with Crippen molar-refractivity contribution in [3.63, 3.8) is 0 Å². The first-order chi connectivity index (χ1) is 12.4. The van der Waals surface area contributed by atoms with Gasteiger partial charge in [-0.05, 0) is 30.5 Å². The van der Waals surface area contributed by atoms with Crippen molar-refractivity contribution in [1.29, 1.82) is 0 Å². The number of hydrogen-bond acceptors (Lipinski definition) is 3. The molecule has 0 radical (unpaired) electrons. The molecule has 2 aromatic carbocycles. The topological polar surface area (TPSA) is 70.6 Å². The first-order valence-electron chi connectivity index (χ1n) is 8.33. The maximum Gasteiger partial charge on any atom is 0.262 e. The smallest absolute Gasteiger partial charge is 0.262 e. The van der Waals surface area contributed by atoms with Gasteiger partial charge in [-0.2, -0.15) is 5.10 Å². The van der Waals surface area contributed by atoms with E-state index >= 15 is 0 Å². The number of carbonyl (C=O) groups excluding carboxylic acids is 2. The van der Waals surface area contributed by atoms with Crippen LogP contribution in [0.2, 0.25) is 0 Å². The molecule has 26 heavy (non-hydrogen) atoms. The fourth-order valence-electron chi connectivity index (χ4n) is 2.29. The van der Waals surface area contributed by atoms with Crippen molar-refractivity contribution < 1.29 is 14.0 Å². The van der Waals surface area contributed by atoms with Crippen LogP contribution in [0.4, 0.5) is 4.39 Å². The number of benzene rings is 2. The van der Waals surface area contributed by atoms with E-state index in [1.54, 1.807) is 19.9 Å². The number of carbonyl (C=O) groups is 2. The van der Waals surface area contributed by atoms with Gasteiger partial charge in [-0.15, -0.1) is 0 Å². The number of amides is 2. The van der Waals surface area contributed by atoms with Gasteiger partial charge >= 0.3 is 0 Å². The summed E-state index contributed by atoms with van der Waals surface area (Å²) in [5.41, 5.74) is 4.28. The summed E-state index contributed by atoms with van der Waals surface area (Å²) in [5, 5.41) is 6.49. The Labute approximate surface area is 152 Å². The molecular formula is C20H22FN3O2. The second kappa shape index (κ2) is 8.89. The molecule has 0 saturated heterocycles. The van der Waals surface area contributed by atoms with Crippen LogP contribution in [0.5, 0.6) is 0 Å². The third kappa shape index (κ3) is 5.24. The Morgan fingerprint density at radius 2 is 1.73 bits per heavy atom. The normalized spacial score (nSPS) is 12.2. The lowest BCUT2D eigenvalue weighted by molar-refractivity contribution is -0.123. The number of aryl methyl sites for hydroxylation is 1. The van der Waals surface area contributed by atoms with Crippen LogP contribution in [-0.2, 0) is 4.79 Å². The van der Waals surface area contributed by atoms with Gasteiger partial charge in [0.25, 0.3) is 11.8 Å². The Balaban J connectivity index is 2.02. The lowest BCUT2D eigenvalue weighted by Gasteiger charge is -2.20. The standard InChI is InChI=1S/C20H22FN3O2/c1-13(2)18(23-19(25)16-6-4-5-7-17(16)21)20(26)24-22-12-15-10-8-14(3)9-11-15/h4-13,18H,1-3H3,(H,23,25)(H,24,26). The van der Waals surface area contributed by atoms with E-state index in [9.17, 15) is 14.0 Å². The predicted molar refractivity (Wildman–Crippen MR) is 99.4 cm³/mol. The zero-order valence-electron chi connectivity index (χ0n) is 15.0. The van der Waals surface area contributed by atoms with Crippen molar-refractivity contribution in [2.24, 2.45) is 11.0 Å². The van der Waals surface area contributed by atoms with E-state index in [0.717, 1.165) is 11.1 Å². The second-order valence-electron chi connectivity index (χ2n) is 6.32. The van der Waals surface area contributed by atoms with E-state index in [0.29, 0.717) is 0 Å². The molecule has 0 fully saturated rings. The quantitative estimate of drug-likeness (QED) is 0.618. The third-order valence-electron chi connectivity index (χ3n) is 3.82. The van der Waals surface area contributed by atoms with Crippen molar-refractivity contribution in [3.05, 3.63) is 71.0 Å². The van der Waals surface area contributed by atoms with Crippen LogP contribution in [-0.4, -0.2) is 24.1 Å². The minimum Gasteiger partial charge on any atom is -0.340 e. The van der Waals surface area contributed by atoms with E-state index in [-0.39, 0.29) is 11.5 Å². The summed E-state index contributed by atoms with van der Waals surface area (Å²) in [4.78, 5) is 24.6. The zero-order chi connectivity index (χ0) is 19.1. The summed E-state index contributed by atoms with van der Waals surface area (Å²) in [6.45, 7) is 5.55. The van der Waals surface area contributed by atoms with Crippen LogP contribution in [0.25, 0.3) is 0 Å². The van der Waals surface area contributed by atoms with Crippen LogP contribution < -0.4 is 10.7 Å². The summed E-state index contributed by atoms with van der Waals surface area (Å²) < 4.78 is 13.7. The molecule has 136 valence electrons. The fraction of sp³-hybridized carbons (Fsp3) is 0.250. The summed E-state index contributed by atoms with van der Waals surface area (Å²) in [6.07, 6.45) is 1.52. The highest BCUT2D eigenvalue weighted by Crippen LogP contribution is 2.09. The van der Waals surface area contributed by atoms with E-state index < -0.39 is 23.7 Å². The molecule has 0 aromatic heterocycles.